The summed E-state index contributed by atoms with van der Waals surface area (Å²) in [5, 5.41) is 12.5. The van der Waals surface area contributed by atoms with Gasteiger partial charge in [-0.25, -0.2) is 0 Å². The Morgan fingerprint density at radius 1 is 1.21 bits per heavy atom. The third kappa shape index (κ3) is 3.70. The number of nitrogens with one attached hydrogen (secondary N) is 1. The number of likely N-dealkylation sites (tertiary alicyclic amines) is 1. The molecule has 1 aromatic carbocycles. The van der Waals surface area contributed by atoms with Crippen molar-refractivity contribution >= 4 is 11.6 Å². The molecule has 4 heteroatoms. The van der Waals surface area contributed by atoms with Crippen LogP contribution in [0.25, 0.3) is 0 Å². The van der Waals surface area contributed by atoms with Crippen LogP contribution in [0.15, 0.2) is 12.1 Å². The minimum atomic E-state index is 0.0267. The number of phenols is 1. The Morgan fingerprint density at radius 2 is 1.79 bits per heavy atom. The molecule has 1 aliphatic rings. The van der Waals surface area contributed by atoms with Crippen LogP contribution in [0.1, 0.15) is 30.4 Å². The predicted molar refractivity (Wildman–Crippen MR) is 76.5 cm³/mol. The Kier molecular flexibility index (Phi) is 4.43. The summed E-state index contributed by atoms with van der Waals surface area (Å²) in [7, 11) is 0. The van der Waals surface area contributed by atoms with Crippen LogP contribution in [0.4, 0.5) is 5.69 Å². The quantitative estimate of drug-likeness (QED) is 0.823. The summed E-state index contributed by atoms with van der Waals surface area (Å²) in [5.74, 6) is 0.266. The summed E-state index contributed by atoms with van der Waals surface area (Å²) in [4.78, 5) is 14.3. The second-order valence-electron chi connectivity index (χ2n) is 5.34. The molecule has 1 heterocycles. The van der Waals surface area contributed by atoms with Crippen molar-refractivity contribution in [2.45, 2.75) is 33.1 Å². The Balaban J connectivity index is 1.98. The topological polar surface area (TPSA) is 52.6 Å². The number of aromatic hydroxyl groups is 1. The molecule has 1 aliphatic heterocycles. The molecule has 0 bridgehead atoms. The third-order valence-corrected chi connectivity index (χ3v) is 3.60. The number of rotatable bonds is 3. The summed E-state index contributed by atoms with van der Waals surface area (Å²) in [5.41, 5.74) is 2.61. The first kappa shape index (κ1) is 13.9. The van der Waals surface area contributed by atoms with Crippen LogP contribution in [-0.2, 0) is 4.79 Å². The van der Waals surface area contributed by atoms with E-state index in [-0.39, 0.29) is 11.7 Å². The van der Waals surface area contributed by atoms with Gasteiger partial charge in [0.25, 0.3) is 0 Å². The lowest BCUT2D eigenvalue weighted by molar-refractivity contribution is -0.117. The summed E-state index contributed by atoms with van der Waals surface area (Å²) in [6.45, 7) is 6.27. The van der Waals surface area contributed by atoms with E-state index in [4.69, 9.17) is 0 Å². The monoisotopic (exact) mass is 262 g/mol. The number of phenolic OH excluding ortho intramolecular Hbond substituents is 1. The highest BCUT2D eigenvalue weighted by molar-refractivity contribution is 5.93. The summed E-state index contributed by atoms with van der Waals surface area (Å²) < 4.78 is 0. The molecule has 2 rings (SSSR count). The predicted octanol–water partition coefficient (Wildman–Crippen LogP) is 2.43. The third-order valence-electron chi connectivity index (χ3n) is 3.60. The van der Waals surface area contributed by atoms with E-state index in [9.17, 15) is 9.90 Å². The van der Waals surface area contributed by atoms with Crippen LogP contribution in [0.3, 0.4) is 0 Å². The molecule has 1 aromatic rings. The number of hydrogen-bond donors (Lipinski definition) is 2. The molecule has 0 aliphatic carbocycles. The Labute approximate surface area is 114 Å². The maximum absolute atomic E-state index is 12.1. The minimum Gasteiger partial charge on any atom is -0.508 e. The lowest BCUT2D eigenvalue weighted by atomic mass is 10.1. The number of aryl methyl sites for hydroxylation is 2. The van der Waals surface area contributed by atoms with Gasteiger partial charge in [-0.2, -0.15) is 0 Å². The minimum absolute atomic E-state index is 0.0267. The summed E-state index contributed by atoms with van der Waals surface area (Å²) in [6.07, 6.45) is 3.64. The van der Waals surface area contributed by atoms with Gasteiger partial charge in [-0.3, -0.25) is 9.69 Å². The number of amides is 1. The van der Waals surface area contributed by atoms with E-state index in [0.717, 1.165) is 29.9 Å². The maximum Gasteiger partial charge on any atom is 0.238 e. The second-order valence-corrected chi connectivity index (χ2v) is 5.34. The van der Waals surface area contributed by atoms with Gasteiger partial charge in [-0.15, -0.1) is 0 Å². The Morgan fingerprint density at radius 3 is 2.37 bits per heavy atom. The Hall–Kier alpha value is -1.55. The van der Waals surface area contributed by atoms with Crippen LogP contribution >= 0.6 is 0 Å². The van der Waals surface area contributed by atoms with E-state index in [1.807, 2.05) is 13.8 Å². The van der Waals surface area contributed by atoms with Crippen molar-refractivity contribution in [2.75, 3.05) is 25.0 Å². The number of nitrogens with zero attached hydrogens (tertiary/aromatic N) is 1. The molecular formula is C15H22N2O2. The fourth-order valence-corrected chi connectivity index (χ4v) is 2.64. The molecule has 1 amide bonds. The average Bonchev–Trinajstić information content (AvgIpc) is 2.35. The number of benzene rings is 1. The number of carbonyl (C=O) groups is 1. The van der Waals surface area contributed by atoms with Crippen LogP contribution in [-0.4, -0.2) is 35.5 Å². The summed E-state index contributed by atoms with van der Waals surface area (Å²) >= 11 is 0. The second kappa shape index (κ2) is 6.06. The molecule has 1 fully saturated rings. The highest BCUT2D eigenvalue weighted by Crippen LogP contribution is 2.25. The number of piperidine rings is 1. The largest absolute Gasteiger partial charge is 0.508 e. The first-order chi connectivity index (χ1) is 9.06. The molecule has 0 unspecified atom stereocenters. The SMILES string of the molecule is Cc1cc(O)cc(C)c1NC(=O)CN1CCCCC1. The van der Waals surface area contributed by atoms with E-state index >= 15 is 0 Å². The van der Waals surface area contributed by atoms with Gasteiger partial charge < -0.3 is 10.4 Å². The number of anilines is 1. The molecule has 0 aromatic heterocycles. The Bertz CT molecular complexity index is 442. The van der Waals surface area contributed by atoms with Crippen molar-refractivity contribution in [3.05, 3.63) is 23.3 Å². The lowest BCUT2D eigenvalue weighted by Crippen LogP contribution is -2.37. The van der Waals surface area contributed by atoms with Crippen molar-refractivity contribution in [3.8, 4) is 5.75 Å². The highest BCUT2D eigenvalue weighted by atomic mass is 16.3. The van der Waals surface area contributed by atoms with E-state index in [1.165, 1.54) is 19.3 Å². The van der Waals surface area contributed by atoms with Crippen LogP contribution in [0.5, 0.6) is 5.75 Å². The lowest BCUT2D eigenvalue weighted by Gasteiger charge is -2.26. The molecule has 2 N–H and O–H groups in total. The smallest absolute Gasteiger partial charge is 0.238 e. The molecule has 0 radical (unpaired) electrons. The van der Waals surface area contributed by atoms with E-state index in [1.54, 1.807) is 12.1 Å². The van der Waals surface area contributed by atoms with Crippen molar-refractivity contribution < 1.29 is 9.90 Å². The van der Waals surface area contributed by atoms with Crippen molar-refractivity contribution in [3.63, 3.8) is 0 Å². The molecule has 4 nitrogen and oxygen atoms in total. The van der Waals surface area contributed by atoms with E-state index in [0.29, 0.717) is 6.54 Å². The standard InChI is InChI=1S/C15H22N2O2/c1-11-8-13(18)9-12(2)15(11)16-14(19)10-17-6-4-3-5-7-17/h8-9,18H,3-7,10H2,1-2H3,(H,16,19). The van der Waals surface area contributed by atoms with Crippen LogP contribution in [0, 0.1) is 13.8 Å². The zero-order chi connectivity index (χ0) is 13.8. The molecule has 0 saturated carbocycles. The number of carbonyl (C=O) groups excluding carboxylic acids is 1. The molecule has 19 heavy (non-hydrogen) atoms. The highest BCUT2D eigenvalue weighted by Gasteiger charge is 2.15. The first-order valence-corrected chi connectivity index (χ1v) is 6.88. The average molecular weight is 262 g/mol. The van der Waals surface area contributed by atoms with Gasteiger partial charge in [-0.05, 0) is 63.0 Å². The van der Waals surface area contributed by atoms with Gasteiger partial charge in [0.2, 0.25) is 5.91 Å². The molecule has 0 spiro atoms. The number of hydrogen-bond acceptors (Lipinski definition) is 3. The van der Waals surface area contributed by atoms with Gasteiger partial charge in [0.1, 0.15) is 5.75 Å². The molecule has 1 saturated heterocycles. The van der Waals surface area contributed by atoms with Gasteiger partial charge in [-0.1, -0.05) is 6.42 Å². The van der Waals surface area contributed by atoms with Crippen LogP contribution in [0.2, 0.25) is 0 Å². The fraction of sp³-hybridized carbons (Fsp3) is 0.533. The zero-order valence-electron chi connectivity index (χ0n) is 11.7. The maximum atomic E-state index is 12.1. The van der Waals surface area contributed by atoms with Gasteiger partial charge in [0.15, 0.2) is 0 Å². The van der Waals surface area contributed by atoms with Crippen molar-refractivity contribution in [1.29, 1.82) is 0 Å². The molecule has 0 atom stereocenters. The van der Waals surface area contributed by atoms with Crippen molar-refractivity contribution in [1.82, 2.24) is 4.90 Å². The zero-order valence-corrected chi connectivity index (χ0v) is 11.7. The fourth-order valence-electron chi connectivity index (χ4n) is 2.64. The molecular weight excluding hydrogens is 240 g/mol. The van der Waals surface area contributed by atoms with Crippen molar-refractivity contribution in [2.24, 2.45) is 0 Å². The molecule has 104 valence electrons. The van der Waals surface area contributed by atoms with Gasteiger partial charge in [0.05, 0.1) is 6.54 Å². The van der Waals surface area contributed by atoms with E-state index in [2.05, 4.69) is 10.2 Å². The van der Waals surface area contributed by atoms with Gasteiger partial charge in [0, 0.05) is 5.69 Å². The van der Waals surface area contributed by atoms with E-state index < -0.39 is 0 Å². The first-order valence-electron chi connectivity index (χ1n) is 6.88. The van der Waals surface area contributed by atoms with Gasteiger partial charge >= 0.3 is 0 Å². The van der Waals surface area contributed by atoms with Crippen LogP contribution < -0.4 is 5.32 Å². The normalized spacial score (nSPS) is 16.3. The summed E-state index contributed by atoms with van der Waals surface area (Å²) in [6, 6.07) is 3.34.